The second kappa shape index (κ2) is 6.43. The molecule has 3 aromatic rings. The first-order chi connectivity index (χ1) is 11.8. The molecule has 0 atom stereocenters. The van der Waals surface area contributed by atoms with Gasteiger partial charge in [-0.05, 0) is 35.9 Å². The zero-order chi connectivity index (χ0) is 18.0. The predicted octanol–water partition coefficient (Wildman–Crippen LogP) is 4.53. The maximum atomic E-state index is 12.7. The van der Waals surface area contributed by atoms with Crippen molar-refractivity contribution in [2.24, 2.45) is 0 Å². The summed E-state index contributed by atoms with van der Waals surface area (Å²) in [6.45, 7) is -0.0252. The quantitative estimate of drug-likeness (QED) is 0.753. The molecule has 0 saturated heterocycles. The van der Waals surface area contributed by atoms with Gasteiger partial charge in [-0.3, -0.25) is 4.98 Å². The molecule has 0 aliphatic carbocycles. The number of fused-ring (bicyclic) bond motifs is 1. The molecule has 2 aromatic carbocycles. The van der Waals surface area contributed by atoms with Gasteiger partial charge in [0.2, 0.25) is 0 Å². The minimum atomic E-state index is -4.40. The second-order valence-corrected chi connectivity index (χ2v) is 5.37. The summed E-state index contributed by atoms with van der Waals surface area (Å²) in [5, 5.41) is 9.57. The van der Waals surface area contributed by atoms with Crippen molar-refractivity contribution in [1.82, 2.24) is 4.98 Å². The largest absolute Gasteiger partial charge is 0.489 e. The van der Waals surface area contributed by atoms with Crippen molar-refractivity contribution in [3.63, 3.8) is 0 Å². The molecule has 25 heavy (non-hydrogen) atoms. The fourth-order valence-electron chi connectivity index (χ4n) is 2.31. The molecule has 0 bridgehead atoms. The number of aromatic nitrogens is 1. The molecule has 1 heterocycles. The van der Waals surface area contributed by atoms with Gasteiger partial charge in [-0.25, -0.2) is 4.79 Å². The molecule has 0 saturated carbocycles. The number of carboxylic acid groups (broad SMARTS) is 1. The number of benzene rings is 2. The highest BCUT2D eigenvalue weighted by Crippen LogP contribution is 2.30. The smallest absolute Gasteiger partial charge is 0.416 e. The van der Waals surface area contributed by atoms with Crippen LogP contribution in [0.2, 0.25) is 0 Å². The van der Waals surface area contributed by atoms with Gasteiger partial charge >= 0.3 is 12.1 Å². The highest BCUT2D eigenvalue weighted by Gasteiger charge is 2.30. The Morgan fingerprint density at radius 1 is 1.12 bits per heavy atom. The molecule has 0 radical (unpaired) electrons. The number of rotatable bonds is 4. The van der Waals surface area contributed by atoms with Crippen LogP contribution in [0.4, 0.5) is 13.2 Å². The molecule has 0 aliphatic heterocycles. The van der Waals surface area contributed by atoms with Crippen LogP contribution < -0.4 is 4.74 Å². The van der Waals surface area contributed by atoms with Crippen molar-refractivity contribution in [3.05, 3.63) is 71.4 Å². The van der Waals surface area contributed by atoms with E-state index in [2.05, 4.69) is 4.98 Å². The van der Waals surface area contributed by atoms with E-state index in [1.807, 2.05) is 0 Å². The van der Waals surface area contributed by atoms with Crippen LogP contribution in [0.25, 0.3) is 10.9 Å². The van der Waals surface area contributed by atoms with E-state index in [1.54, 1.807) is 24.3 Å². The number of carboxylic acids is 1. The molecule has 0 aliphatic rings. The number of nitrogens with zero attached hydrogens (tertiary/aromatic N) is 1. The summed E-state index contributed by atoms with van der Waals surface area (Å²) >= 11 is 0. The van der Waals surface area contributed by atoms with E-state index in [4.69, 9.17) is 9.84 Å². The maximum absolute atomic E-state index is 12.7. The lowest BCUT2D eigenvalue weighted by atomic mass is 10.1. The lowest BCUT2D eigenvalue weighted by Gasteiger charge is -2.10. The third-order valence-electron chi connectivity index (χ3n) is 3.56. The summed E-state index contributed by atoms with van der Waals surface area (Å²) in [4.78, 5) is 15.0. The van der Waals surface area contributed by atoms with E-state index in [0.29, 0.717) is 22.2 Å². The molecule has 0 spiro atoms. The van der Waals surface area contributed by atoms with E-state index in [-0.39, 0.29) is 12.2 Å². The highest BCUT2D eigenvalue weighted by molar-refractivity contribution is 5.92. The fraction of sp³-hybridized carbons (Fsp3) is 0.111. The predicted molar refractivity (Wildman–Crippen MR) is 84.5 cm³/mol. The van der Waals surface area contributed by atoms with E-state index in [0.717, 1.165) is 12.1 Å². The van der Waals surface area contributed by atoms with E-state index < -0.39 is 17.7 Å². The molecular formula is C18H12F3NO3. The van der Waals surface area contributed by atoms with Gasteiger partial charge in [-0.15, -0.1) is 0 Å². The Morgan fingerprint density at radius 2 is 1.92 bits per heavy atom. The van der Waals surface area contributed by atoms with Crippen LogP contribution in [-0.4, -0.2) is 16.1 Å². The van der Waals surface area contributed by atoms with E-state index >= 15 is 0 Å². The van der Waals surface area contributed by atoms with Gasteiger partial charge < -0.3 is 9.84 Å². The SMILES string of the molecule is O=C(O)c1cnc2cc(OCc3cccc(C(F)(F)F)c3)ccc2c1. The standard InChI is InChI=1S/C18H12F3NO3/c19-18(20,21)14-3-1-2-11(6-14)10-25-15-5-4-12-7-13(17(23)24)9-22-16(12)8-15/h1-9H,10H2,(H,23,24). The Labute approximate surface area is 140 Å². The van der Waals surface area contributed by atoms with Gasteiger partial charge in [0.15, 0.2) is 0 Å². The third-order valence-corrected chi connectivity index (χ3v) is 3.56. The van der Waals surface area contributed by atoms with Crippen LogP contribution in [0.1, 0.15) is 21.5 Å². The number of hydrogen-bond acceptors (Lipinski definition) is 3. The van der Waals surface area contributed by atoms with Crippen LogP contribution in [-0.2, 0) is 12.8 Å². The first-order valence-electron chi connectivity index (χ1n) is 7.25. The van der Waals surface area contributed by atoms with Crippen molar-refractivity contribution >= 4 is 16.9 Å². The number of alkyl halides is 3. The summed E-state index contributed by atoms with van der Waals surface area (Å²) < 4.78 is 43.6. The first-order valence-corrected chi connectivity index (χ1v) is 7.25. The van der Waals surface area contributed by atoms with Crippen LogP contribution >= 0.6 is 0 Å². The van der Waals surface area contributed by atoms with Crippen LogP contribution in [0.15, 0.2) is 54.7 Å². The molecule has 4 nitrogen and oxygen atoms in total. The highest BCUT2D eigenvalue weighted by atomic mass is 19.4. The topological polar surface area (TPSA) is 59.4 Å². The van der Waals surface area contributed by atoms with Crippen LogP contribution in [0.5, 0.6) is 5.75 Å². The van der Waals surface area contributed by atoms with E-state index in [1.165, 1.54) is 18.3 Å². The van der Waals surface area contributed by atoms with Gasteiger partial charge in [0.25, 0.3) is 0 Å². The monoisotopic (exact) mass is 347 g/mol. The van der Waals surface area contributed by atoms with Crippen LogP contribution in [0.3, 0.4) is 0 Å². The van der Waals surface area contributed by atoms with Crippen molar-refractivity contribution < 1.29 is 27.8 Å². The minimum absolute atomic E-state index is 0.0252. The Morgan fingerprint density at radius 3 is 2.64 bits per heavy atom. The van der Waals surface area contributed by atoms with Crippen molar-refractivity contribution in [2.75, 3.05) is 0 Å². The number of carbonyl (C=O) groups is 1. The Hall–Kier alpha value is -3.09. The molecule has 0 amide bonds. The van der Waals surface area contributed by atoms with Gasteiger partial charge in [0, 0.05) is 17.6 Å². The second-order valence-electron chi connectivity index (χ2n) is 5.37. The maximum Gasteiger partial charge on any atom is 0.416 e. The summed E-state index contributed by atoms with van der Waals surface area (Å²) in [5.41, 5.74) is 0.274. The molecule has 7 heteroatoms. The Balaban J connectivity index is 1.77. The molecule has 3 rings (SSSR count). The molecule has 0 unspecified atom stereocenters. The average Bonchev–Trinajstić information content (AvgIpc) is 2.58. The molecule has 0 fully saturated rings. The Kier molecular flexibility index (Phi) is 4.31. The van der Waals surface area contributed by atoms with Crippen molar-refractivity contribution in [1.29, 1.82) is 0 Å². The number of hydrogen-bond donors (Lipinski definition) is 1. The normalized spacial score (nSPS) is 11.5. The molecule has 1 N–H and O–H groups in total. The summed E-state index contributed by atoms with van der Waals surface area (Å²) in [6.07, 6.45) is -3.16. The van der Waals surface area contributed by atoms with Gasteiger partial charge in [0.05, 0.1) is 16.6 Å². The van der Waals surface area contributed by atoms with Gasteiger partial charge in [-0.1, -0.05) is 12.1 Å². The lowest BCUT2D eigenvalue weighted by molar-refractivity contribution is -0.137. The van der Waals surface area contributed by atoms with Gasteiger partial charge in [-0.2, -0.15) is 13.2 Å². The Bertz CT molecular complexity index is 938. The third kappa shape index (κ3) is 3.88. The molecule has 128 valence electrons. The van der Waals surface area contributed by atoms with Crippen LogP contribution in [0, 0.1) is 0 Å². The zero-order valence-corrected chi connectivity index (χ0v) is 12.7. The number of aromatic carboxylic acids is 1. The summed E-state index contributed by atoms with van der Waals surface area (Å²) in [6, 6.07) is 11.3. The van der Waals surface area contributed by atoms with Crippen molar-refractivity contribution in [3.8, 4) is 5.75 Å². The van der Waals surface area contributed by atoms with Crippen molar-refractivity contribution in [2.45, 2.75) is 12.8 Å². The first kappa shape index (κ1) is 16.8. The lowest BCUT2D eigenvalue weighted by Crippen LogP contribution is -2.06. The minimum Gasteiger partial charge on any atom is -0.489 e. The number of halogens is 3. The summed E-state index contributed by atoms with van der Waals surface area (Å²) in [5.74, 6) is -0.639. The molecule has 1 aromatic heterocycles. The zero-order valence-electron chi connectivity index (χ0n) is 12.7. The number of pyridine rings is 1. The molecular weight excluding hydrogens is 335 g/mol. The fourth-order valence-corrected chi connectivity index (χ4v) is 2.31. The van der Waals surface area contributed by atoms with Gasteiger partial charge in [0.1, 0.15) is 12.4 Å². The number of ether oxygens (including phenoxy) is 1. The average molecular weight is 347 g/mol. The summed E-state index contributed by atoms with van der Waals surface area (Å²) in [7, 11) is 0. The van der Waals surface area contributed by atoms with E-state index in [9.17, 15) is 18.0 Å².